The minimum Gasteiger partial charge on any atom is -0.491 e. The minimum atomic E-state index is -0.958. The molecule has 0 saturated heterocycles. The van der Waals surface area contributed by atoms with Gasteiger partial charge in [0.05, 0.1) is 11.7 Å². The van der Waals surface area contributed by atoms with E-state index in [9.17, 15) is 18.4 Å². The first-order valence-corrected chi connectivity index (χ1v) is 7.19. The van der Waals surface area contributed by atoms with Crippen molar-refractivity contribution in [3.63, 3.8) is 0 Å². The lowest BCUT2D eigenvalue weighted by Crippen LogP contribution is -2.42. The van der Waals surface area contributed by atoms with Crippen molar-refractivity contribution in [2.45, 2.75) is 20.0 Å². The van der Waals surface area contributed by atoms with Crippen molar-refractivity contribution < 1.29 is 23.1 Å². The van der Waals surface area contributed by atoms with E-state index < -0.39 is 29.0 Å². The molecule has 0 aliphatic rings. The van der Waals surface area contributed by atoms with E-state index in [2.05, 4.69) is 5.43 Å². The summed E-state index contributed by atoms with van der Waals surface area (Å²) in [5, 5.41) is 0. The third-order valence-corrected chi connectivity index (χ3v) is 2.95. The summed E-state index contributed by atoms with van der Waals surface area (Å²) in [5.41, 5.74) is 3.94. The molecule has 0 atom stereocenters. The SMILES string of the molecule is CC(C)Oc1ccc(C(=O)NNC(=O)c2cc(F)ccc2F)cc1. The van der Waals surface area contributed by atoms with Crippen molar-refractivity contribution in [2.75, 3.05) is 0 Å². The van der Waals surface area contributed by atoms with Crippen LogP contribution in [0.4, 0.5) is 8.78 Å². The molecule has 7 heteroatoms. The van der Waals surface area contributed by atoms with Gasteiger partial charge in [-0.3, -0.25) is 20.4 Å². The summed E-state index contributed by atoms with van der Waals surface area (Å²) in [6.07, 6.45) is 0.00475. The maximum absolute atomic E-state index is 13.5. The summed E-state index contributed by atoms with van der Waals surface area (Å²) in [7, 11) is 0. The van der Waals surface area contributed by atoms with E-state index in [0.717, 1.165) is 18.2 Å². The van der Waals surface area contributed by atoms with Crippen LogP contribution in [0.1, 0.15) is 34.6 Å². The summed E-state index contributed by atoms with van der Waals surface area (Å²) in [6.45, 7) is 3.75. The average Bonchev–Trinajstić information content (AvgIpc) is 2.54. The lowest BCUT2D eigenvalue weighted by atomic mass is 10.2. The predicted molar refractivity (Wildman–Crippen MR) is 83.5 cm³/mol. The third kappa shape index (κ3) is 4.52. The van der Waals surface area contributed by atoms with Crippen LogP contribution in [-0.2, 0) is 0 Å². The Labute approximate surface area is 137 Å². The van der Waals surface area contributed by atoms with Gasteiger partial charge in [0.2, 0.25) is 0 Å². The molecule has 2 aromatic carbocycles. The molecular formula is C17H16F2N2O3. The Morgan fingerprint density at radius 1 is 0.958 bits per heavy atom. The van der Waals surface area contributed by atoms with Gasteiger partial charge in [-0.1, -0.05) is 0 Å². The van der Waals surface area contributed by atoms with Crippen molar-refractivity contribution in [2.24, 2.45) is 0 Å². The number of hydrogen-bond donors (Lipinski definition) is 2. The Hall–Kier alpha value is -2.96. The second-order valence-electron chi connectivity index (χ2n) is 5.22. The van der Waals surface area contributed by atoms with Crippen molar-refractivity contribution in [3.8, 4) is 5.75 Å². The van der Waals surface area contributed by atoms with Crippen LogP contribution < -0.4 is 15.6 Å². The predicted octanol–water partition coefficient (Wildman–Crippen LogP) is 2.83. The fraction of sp³-hybridized carbons (Fsp3) is 0.176. The van der Waals surface area contributed by atoms with E-state index in [0.29, 0.717) is 5.75 Å². The lowest BCUT2D eigenvalue weighted by Gasteiger charge is -2.11. The van der Waals surface area contributed by atoms with Crippen LogP contribution in [0.3, 0.4) is 0 Å². The van der Waals surface area contributed by atoms with Gasteiger partial charge in [0.15, 0.2) is 0 Å². The van der Waals surface area contributed by atoms with E-state index in [-0.39, 0.29) is 11.7 Å². The summed E-state index contributed by atoms with van der Waals surface area (Å²) in [4.78, 5) is 23.7. The van der Waals surface area contributed by atoms with E-state index in [1.54, 1.807) is 12.1 Å². The highest BCUT2D eigenvalue weighted by Gasteiger charge is 2.14. The summed E-state index contributed by atoms with van der Waals surface area (Å²) in [6, 6.07) is 8.73. The van der Waals surface area contributed by atoms with Gasteiger partial charge in [0.25, 0.3) is 11.8 Å². The van der Waals surface area contributed by atoms with E-state index in [1.165, 1.54) is 12.1 Å². The van der Waals surface area contributed by atoms with E-state index in [1.807, 2.05) is 19.3 Å². The maximum Gasteiger partial charge on any atom is 0.272 e. The maximum atomic E-state index is 13.5. The molecule has 0 aliphatic heterocycles. The number of nitrogens with one attached hydrogen (secondary N) is 2. The number of carbonyl (C=O) groups excluding carboxylic acids is 2. The molecule has 0 bridgehead atoms. The Morgan fingerprint density at radius 3 is 2.21 bits per heavy atom. The molecule has 0 saturated carbocycles. The molecule has 2 rings (SSSR count). The van der Waals surface area contributed by atoms with Gasteiger partial charge in [-0.2, -0.15) is 0 Å². The largest absolute Gasteiger partial charge is 0.491 e. The molecule has 126 valence electrons. The molecular weight excluding hydrogens is 318 g/mol. The summed E-state index contributed by atoms with van der Waals surface area (Å²) < 4.78 is 32.0. The van der Waals surface area contributed by atoms with Gasteiger partial charge in [0.1, 0.15) is 17.4 Å². The second-order valence-corrected chi connectivity index (χ2v) is 5.22. The molecule has 0 aromatic heterocycles. The number of ether oxygens (including phenoxy) is 1. The molecule has 0 heterocycles. The number of hydrogen-bond acceptors (Lipinski definition) is 3. The highest BCUT2D eigenvalue weighted by atomic mass is 19.1. The quantitative estimate of drug-likeness (QED) is 0.845. The first kappa shape index (κ1) is 17.4. The summed E-state index contributed by atoms with van der Waals surface area (Å²) >= 11 is 0. The summed E-state index contributed by atoms with van der Waals surface area (Å²) in [5.74, 6) is -2.60. The Morgan fingerprint density at radius 2 is 1.58 bits per heavy atom. The average molecular weight is 334 g/mol. The van der Waals surface area contributed by atoms with Crippen LogP contribution in [0.25, 0.3) is 0 Å². The second kappa shape index (κ2) is 7.54. The molecule has 2 N–H and O–H groups in total. The molecule has 24 heavy (non-hydrogen) atoms. The van der Waals surface area contributed by atoms with E-state index in [4.69, 9.17) is 4.74 Å². The topological polar surface area (TPSA) is 67.4 Å². The van der Waals surface area contributed by atoms with Crippen LogP contribution >= 0.6 is 0 Å². The number of rotatable bonds is 4. The molecule has 0 radical (unpaired) electrons. The van der Waals surface area contributed by atoms with Crippen molar-refractivity contribution in [1.29, 1.82) is 0 Å². The van der Waals surface area contributed by atoms with Gasteiger partial charge >= 0.3 is 0 Å². The van der Waals surface area contributed by atoms with Crippen molar-refractivity contribution in [1.82, 2.24) is 10.9 Å². The van der Waals surface area contributed by atoms with Gasteiger partial charge in [-0.25, -0.2) is 8.78 Å². The standard InChI is InChI=1S/C17H16F2N2O3/c1-10(2)24-13-6-3-11(4-7-13)16(22)20-21-17(23)14-9-12(18)5-8-15(14)19/h3-10H,1-2H3,(H,20,22)(H,21,23). The van der Waals surface area contributed by atoms with Gasteiger partial charge in [-0.05, 0) is 56.3 Å². The highest BCUT2D eigenvalue weighted by molar-refractivity contribution is 5.99. The monoisotopic (exact) mass is 334 g/mol. The lowest BCUT2D eigenvalue weighted by molar-refractivity contribution is 0.0844. The van der Waals surface area contributed by atoms with Crippen LogP contribution in [0.2, 0.25) is 0 Å². The molecule has 2 aromatic rings. The fourth-order valence-corrected chi connectivity index (χ4v) is 1.88. The first-order valence-electron chi connectivity index (χ1n) is 7.19. The molecule has 5 nitrogen and oxygen atoms in total. The number of amides is 2. The number of carbonyl (C=O) groups is 2. The van der Waals surface area contributed by atoms with E-state index >= 15 is 0 Å². The van der Waals surface area contributed by atoms with Crippen LogP contribution in [-0.4, -0.2) is 17.9 Å². The zero-order chi connectivity index (χ0) is 17.7. The Balaban J connectivity index is 1.97. The van der Waals surface area contributed by atoms with Crippen molar-refractivity contribution in [3.05, 3.63) is 65.2 Å². The Kier molecular flexibility index (Phi) is 5.47. The first-order chi connectivity index (χ1) is 11.4. The Bertz CT molecular complexity index is 746. The van der Waals surface area contributed by atoms with Gasteiger partial charge in [0, 0.05) is 5.56 Å². The fourth-order valence-electron chi connectivity index (χ4n) is 1.88. The highest BCUT2D eigenvalue weighted by Crippen LogP contribution is 2.14. The molecule has 2 amide bonds. The molecule has 0 aliphatic carbocycles. The molecule has 0 unspecified atom stereocenters. The number of benzene rings is 2. The zero-order valence-electron chi connectivity index (χ0n) is 13.1. The van der Waals surface area contributed by atoms with Gasteiger partial charge in [-0.15, -0.1) is 0 Å². The normalized spacial score (nSPS) is 10.4. The van der Waals surface area contributed by atoms with Crippen LogP contribution in [0, 0.1) is 11.6 Å². The molecule has 0 spiro atoms. The van der Waals surface area contributed by atoms with Crippen LogP contribution in [0.15, 0.2) is 42.5 Å². The van der Waals surface area contributed by atoms with Crippen LogP contribution in [0.5, 0.6) is 5.75 Å². The number of halogens is 2. The third-order valence-electron chi connectivity index (χ3n) is 2.95. The van der Waals surface area contributed by atoms with Crippen molar-refractivity contribution >= 4 is 11.8 Å². The molecule has 0 fully saturated rings. The smallest absolute Gasteiger partial charge is 0.272 e. The van der Waals surface area contributed by atoms with Gasteiger partial charge < -0.3 is 4.74 Å². The minimum absolute atomic E-state index is 0.00475. The zero-order valence-corrected chi connectivity index (χ0v) is 13.1. The number of hydrazine groups is 1.